The van der Waals surface area contributed by atoms with Gasteiger partial charge in [-0.15, -0.1) is 0 Å². The van der Waals surface area contributed by atoms with Crippen LogP contribution >= 0.6 is 27.5 Å². The van der Waals surface area contributed by atoms with Crippen molar-refractivity contribution in [3.8, 4) is 0 Å². The molecule has 2 rings (SSSR count). The molecule has 0 aliphatic carbocycles. The summed E-state index contributed by atoms with van der Waals surface area (Å²) in [6.07, 6.45) is 1.72. The minimum absolute atomic E-state index is 0.0680. The van der Waals surface area contributed by atoms with Crippen LogP contribution in [0.3, 0.4) is 0 Å². The summed E-state index contributed by atoms with van der Waals surface area (Å²) >= 11 is 9.30. The standard InChI is InChI=1S/C14H17BrClFN4/c1-20(2)5-6-21-14(10(15)8-19-21)13(18)9-3-4-12(17)11(16)7-9/h3-4,7-8,13H,5-6,18H2,1-2H3. The molecular weight excluding hydrogens is 359 g/mol. The fraction of sp³-hybridized carbons (Fsp3) is 0.357. The summed E-state index contributed by atoms with van der Waals surface area (Å²) in [5, 5.41) is 4.40. The number of benzene rings is 1. The molecular formula is C14H17BrClFN4. The van der Waals surface area contributed by atoms with Crippen LogP contribution in [0.2, 0.25) is 5.02 Å². The largest absolute Gasteiger partial charge is 0.319 e. The van der Waals surface area contributed by atoms with Crippen molar-refractivity contribution in [2.45, 2.75) is 12.6 Å². The molecule has 0 bridgehead atoms. The molecule has 2 aromatic rings. The average Bonchev–Trinajstić information content (AvgIpc) is 2.80. The molecule has 0 aliphatic heterocycles. The van der Waals surface area contributed by atoms with Crippen molar-refractivity contribution < 1.29 is 4.39 Å². The van der Waals surface area contributed by atoms with Gasteiger partial charge in [-0.2, -0.15) is 5.10 Å². The van der Waals surface area contributed by atoms with Crippen LogP contribution in [0.4, 0.5) is 4.39 Å². The second kappa shape index (κ2) is 6.87. The smallest absolute Gasteiger partial charge is 0.141 e. The molecule has 4 nitrogen and oxygen atoms in total. The summed E-state index contributed by atoms with van der Waals surface area (Å²) in [5.74, 6) is -0.451. The van der Waals surface area contributed by atoms with E-state index in [0.29, 0.717) is 0 Å². The fourth-order valence-electron chi connectivity index (χ4n) is 2.02. The van der Waals surface area contributed by atoms with Gasteiger partial charge in [0, 0.05) is 6.54 Å². The van der Waals surface area contributed by atoms with Crippen LogP contribution in [0.15, 0.2) is 28.9 Å². The van der Waals surface area contributed by atoms with Gasteiger partial charge in [0.25, 0.3) is 0 Å². The third kappa shape index (κ3) is 3.83. The molecule has 21 heavy (non-hydrogen) atoms. The van der Waals surface area contributed by atoms with E-state index in [1.165, 1.54) is 6.07 Å². The second-order valence-electron chi connectivity index (χ2n) is 5.06. The van der Waals surface area contributed by atoms with Gasteiger partial charge in [-0.25, -0.2) is 4.39 Å². The first-order chi connectivity index (χ1) is 9.90. The Hall–Kier alpha value is -0.950. The minimum Gasteiger partial charge on any atom is -0.319 e. The van der Waals surface area contributed by atoms with Gasteiger partial charge in [-0.1, -0.05) is 17.7 Å². The van der Waals surface area contributed by atoms with Crippen molar-refractivity contribution in [2.24, 2.45) is 5.73 Å². The molecule has 2 N–H and O–H groups in total. The zero-order chi connectivity index (χ0) is 15.6. The minimum atomic E-state index is -0.451. The van der Waals surface area contributed by atoms with E-state index in [2.05, 4.69) is 25.9 Å². The lowest BCUT2D eigenvalue weighted by Crippen LogP contribution is -2.23. The summed E-state index contributed by atoms with van der Waals surface area (Å²) in [4.78, 5) is 2.07. The van der Waals surface area contributed by atoms with Crippen LogP contribution in [0, 0.1) is 5.82 Å². The van der Waals surface area contributed by atoms with Crippen LogP contribution in [0.5, 0.6) is 0 Å². The van der Waals surface area contributed by atoms with Gasteiger partial charge in [-0.3, -0.25) is 4.68 Å². The van der Waals surface area contributed by atoms with Gasteiger partial charge in [-0.05, 0) is 47.7 Å². The zero-order valence-electron chi connectivity index (χ0n) is 11.9. The normalized spacial score (nSPS) is 12.9. The first kappa shape index (κ1) is 16.4. The molecule has 0 saturated heterocycles. The van der Waals surface area contributed by atoms with Crippen LogP contribution in [0.25, 0.3) is 0 Å². The van der Waals surface area contributed by atoms with Gasteiger partial charge in [0.2, 0.25) is 0 Å². The molecule has 114 valence electrons. The Kier molecular flexibility index (Phi) is 5.37. The van der Waals surface area contributed by atoms with Crippen molar-refractivity contribution in [1.82, 2.24) is 14.7 Å². The maximum atomic E-state index is 13.3. The predicted molar refractivity (Wildman–Crippen MR) is 85.9 cm³/mol. The number of nitrogens with two attached hydrogens (primary N) is 1. The van der Waals surface area contributed by atoms with Gasteiger partial charge in [0.05, 0.1) is 34.0 Å². The SMILES string of the molecule is CN(C)CCn1ncc(Br)c1C(N)c1ccc(F)c(Cl)c1. The number of halogens is 3. The molecule has 0 fully saturated rings. The van der Waals surface area contributed by atoms with Gasteiger partial charge in [0.1, 0.15) is 5.82 Å². The number of nitrogens with zero attached hydrogens (tertiary/aromatic N) is 3. The first-order valence-electron chi connectivity index (χ1n) is 6.46. The summed E-state index contributed by atoms with van der Waals surface area (Å²) in [6, 6.07) is 4.09. The van der Waals surface area contributed by atoms with Crippen molar-refractivity contribution in [3.05, 3.63) is 51.0 Å². The molecule has 0 saturated carbocycles. The number of rotatable bonds is 5. The lowest BCUT2D eigenvalue weighted by molar-refractivity contribution is 0.368. The van der Waals surface area contributed by atoms with Gasteiger partial charge in [0.15, 0.2) is 0 Å². The van der Waals surface area contributed by atoms with E-state index in [9.17, 15) is 4.39 Å². The molecule has 0 amide bonds. The maximum absolute atomic E-state index is 13.3. The van der Waals surface area contributed by atoms with Crippen LogP contribution < -0.4 is 5.73 Å². The Balaban J connectivity index is 2.31. The molecule has 0 spiro atoms. The summed E-state index contributed by atoms with van der Waals surface area (Å²) in [7, 11) is 4.00. The Bertz CT molecular complexity index is 629. The summed E-state index contributed by atoms with van der Waals surface area (Å²) in [5.41, 5.74) is 7.89. The Labute approximate surface area is 136 Å². The number of aromatic nitrogens is 2. The van der Waals surface area contributed by atoms with E-state index < -0.39 is 11.9 Å². The Morgan fingerprint density at radius 3 is 2.81 bits per heavy atom. The maximum Gasteiger partial charge on any atom is 0.141 e. The van der Waals surface area contributed by atoms with Crippen LogP contribution in [0.1, 0.15) is 17.3 Å². The molecule has 7 heteroatoms. The Morgan fingerprint density at radius 1 is 1.48 bits per heavy atom. The third-order valence-corrected chi connectivity index (χ3v) is 4.09. The quantitative estimate of drug-likeness (QED) is 0.874. The van der Waals surface area contributed by atoms with E-state index in [1.54, 1.807) is 18.3 Å². The predicted octanol–water partition coefficient (Wildman–Crippen LogP) is 3.05. The molecule has 1 heterocycles. The third-order valence-electron chi connectivity index (χ3n) is 3.19. The van der Waals surface area contributed by atoms with E-state index in [0.717, 1.165) is 28.8 Å². The van der Waals surface area contributed by atoms with Gasteiger partial charge < -0.3 is 10.6 Å². The highest BCUT2D eigenvalue weighted by atomic mass is 79.9. The lowest BCUT2D eigenvalue weighted by atomic mass is 10.0. The van der Waals surface area contributed by atoms with E-state index >= 15 is 0 Å². The second-order valence-corrected chi connectivity index (χ2v) is 6.32. The average molecular weight is 376 g/mol. The highest BCUT2D eigenvalue weighted by molar-refractivity contribution is 9.10. The highest BCUT2D eigenvalue weighted by Crippen LogP contribution is 2.29. The number of likely N-dealkylation sites (N-methyl/N-ethyl adjacent to an activating group) is 1. The summed E-state index contributed by atoms with van der Waals surface area (Å²) < 4.78 is 15.9. The van der Waals surface area contributed by atoms with E-state index in [1.807, 2.05) is 18.8 Å². The van der Waals surface area contributed by atoms with Crippen LogP contribution in [-0.2, 0) is 6.54 Å². The molecule has 1 unspecified atom stereocenters. The monoisotopic (exact) mass is 374 g/mol. The number of hydrogen-bond donors (Lipinski definition) is 1. The van der Waals surface area contributed by atoms with Crippen molar-refractivity contribution in [2.75, 3.05) is 20.6 Å². The summed E-state index contributed by atoms with van der Waals surface area (Å²) in [6.45, 7) is 1.56. The van der Waals surface area contributed by atoms with Crippen LogP contribution in [-0.4, -0.2) is 35.3 Å². The molecule has 0 aliphatic rings. The fourth-order valence-corrected chi connectivity index (χ4v) is 2.75. The van der Waals surface area contributed by atoms with Crippen molar-refractivity contribution in [3.63, 3.8) is 0 Å². The van der Waals surface area contributed by atoms with Gasteiger partial charge >= 0.3 is 0 Å². The van der Waals surface area contributed by atoms with E-state index in [-0.39, 0.29) is 5.02 Å². The molecule has 1 atom stereocenters. The molecule has 0 radical (unpaired) electrons. The highest BCUT2D eigenvalue weighted by Gasteiger charge is 2.19. The topological polar surface area (TPSA) is 47.1 Å². The zero-order valence-corrected chi connectivity index (χ0v) is 14.2. The van der Waals surface area contributed by atoms with Crippen molar-refractivity contribution in [1.29, 1.82) is 0 Å². The number of hydrogen-bond acceptors (Lipinski definition) is 3. The lowest BCUT2D eigenvalue weighted by Gasteiger charge is -2.17. The molecule has 1 aromatic heterocycles. The first-order valence-corrected chi connectivity index (χ1v) is 7.63. The molecule has 1 aromatic carbocycles. The van der Waals surface area contributed by atoms with E-state index in [4.69, 9.17) is 17.3 Å². The Morgan fingerprint density at radius 2 is 2.19 bits per heavy atom. The van der Waals surface area contributed by atoms with Crippen molar-refractivity contribution >= 4 is 27.5 Å².